The molecule has 2 rings (SSSR count). The molecule has 2 amide bonds. The molecule has 8 heteroatoms. The number of carbonyl (C=O) groups is 2. The molecule has 0 radical (unpaired) electrons. The van der Waals surface area contributed by atoms with E-state index >= 15 is 0 Å². The molecule has 27 heavy (non-hydrogen) atoms. The summed E-state index contributed by atoms with van der Waals surface area (Å²) in [6, 6.07) is 5.29. The summed E-state index contributed by atoms with van der Waals surface area (Å²) in [5, 5.41) is 11.5. The Morgan fingerprint density at radius 1 is 1.33 bits per heavy atom. The van der Waals surface area contributed by atoms with E-state index in [-0.39, 0.29) is 28.9 Å². The van der Waals surface area contributed by atoms with Crippen LogP contribution in [0.4, 0.5) is 10.5 Å². The van der Waals surface area contributed by atoms with Crippen LogP contribution >= 0.6 is 0 Å². The summed E-state index contributed by atoms with van der Waals surface area (Å²) in [7, 11) is 1.19. The highest BCUT2D eigenvalue weighted by atomic mass is 16.6. The summed E-state index contributed by atoms with van der Waals surface area (Å²) in [5.74, 6) is 0.940. The molecule has 0 spiro atoms. The fourth-order valence-corrected chi connectivity index (χ4v) is 3.39. The van der Waals surface area contributed by atoms with Crippen LogP contribution in [-0.2, 0) is 9.53 Å². The minimum atomic E-state index is -0.828. The number of esters is 1. The van der Waals surface area contributed by atoms with Crippen molar-refractivity contribution in [2.45, 2.75) is 26.2 Å². The molecule has 0 aromatic heterocycles. The van der Waals surface area contributed by atoms with Crippen molar-refractivity contribution in [3.05, 3.63) is 62.5 Å². The number of carbonyl (C=O) groups excluding carboxylic acids is 2. The largest absolute Gasteiger partial charge is 0.466 e. The molecule has 1 aliphatic rings. The normalized spacial score (nSPS) is 16.8. The third kappa shape index (κ3) is 3.40. The minimum absolute atomic E-state index is 0.0695. The Balaban J connectivity index is 2.89. The Morgan fingerprint density at radius 3 is 2.48 bits per heavy atom. The number of hydrogen-bond acceptors (Lipinski definition) is 5. The second-order valence-electron chi connectivity index (χ2n) is 5.90. The van der Waals surface area contributed by atoms with E-state index < -0.39 is 22.8 Å². The molecule has 0 aliphatic carbocycles. The van der Waals surface area contributed by atoms with Gasteiger partial charge in [0.25, 0.3) is 5.69 Å². The van der Waals surface area contributed by atoms with Gasteiger partial charge in [0, 0.05) is 35.4 Å². The maximum absolute atomic E-state index is 12.6. The smallest absolute Gasteiger partial charge is 0.336 e. The number of ether oxygens (including phenoxy) is 1. The van der Waals surface area contributed by atoms with Gasteiger partial charge in [-0.05, 0) is 19.4 Å². The van der Waals surface area contributed by atoms with Crippen molar-refractivity contribution in [3.63, 3.8) is 0 Å². The Bertz CT molecular complexity index is 924. The number of urea groups is 1. The number of nitrogens with two attached hydrogens (primary N) is 1. The number of hydrogen-bond donors (Lipinski definition) is 1. The number of nitrogens with zero attached hydrogens (tertiary/aromatic N) is 2. The van der Waals surface area contributed by atoms with E-state index in [1.807, 2.05) is 0 Å². The number of nitro groups is 1. The second-order valence-corrected chi connectivity index (χ2v) is 5.90. The lowest BCUT2D eigenvalue weighted by atomic mass is 9.78. The van der Waals surface area contributed by atoms with E-state index in [1.165, 1.54) is 31.1 Å². The highest BCUT2D eigenvalue weighted by molar-refractivity contribution is 5.94. The molecule has 1 atom stereocenters. The van der Waals surface area contributed by atoms with Gasteiger partial charge in [0.1, 0.15) is 0 Å². The van der Waals surface area contributed by atoms with Gasteiger partial charge in [-0.3, -0.25) is 15.0 Å². The lowest BCUT2D eigenvalue weighted by molar-refractivity contribution is -0.385. The maximum atomic E-state index is 12.6. The van der Waals surface area contributed by atoms with Gasteiger partial charge in [-0.25, -0.2) is 9.59 Å². The van der Waals surface area contributed by atoms with Crippen molar-refractivity contribution in [1.82, 2.24) is 4.90 Å². The first-order valence-corrected chi connectivity index (χ1v) is 8.01. The predicted octanol–water partition coefficient (Wildman–Crippen LogP) is 2.82. The van der Waals surface area contributed by atoms with Crippen LogP contribution in [0.2, 0.25) is 0 Å². The van der Waals surface area contributed by atoms with Gasteiger partial charge in [-0.1, -0.05) is 18.2 Å². The SMILES string of the molecule is C#CCC1=C(C)N(C(N)=O)C(C)=C(C(=O)OC)C1c1ccccc1[N+](=O)[O-]. The van der Waals surface area contributed by atoms with E-state index in [0.717, 1.165) is 0 Å². The lowest BCUT2D eigenvalue weighted by Crippen LogP contribution is -2.39. The standard InChI is InChI=1S/C19H19N3O5/c1-5-8-13-11(2)21(19(20)24)12(3)16(18(23)27-4)17(13)14-9-6-7-10-15(14)22(25)26/h1,6-7,9-10,17H,8H2,2-4H3,(H2,20,24). The number of methoxy groups -OCH3 is 1. The van der Waals surface area contributed by atoms with Gasteiger partial charge < -0.3 is 10.5 Å². The van der Waals surface area contributed by atoms with E-state index in [2.05, 4.69) is 5.92 Å². The van der Waals surface area contributed by atoms with Crippen LogP contribution < -0.4 is 5.73 Å². The third-order valence-electron chi connectivity index (χ3n) is 4.53. The number of rotatable bonds is 4. The second kappa shape index (κ2) is 7.74. The first kappa shape index (κ1) is 19.7. The van der Waals surface area contributed by atoms with Crippen molar-refractivity contribution in [3.8, 4) is 12.3 Å². The topological polar surface area (TPSA) is 116 Å². The lowest BCUT2D eigenvalue weighted by Gasteiger charge is -2.36. The Kier molecular flexibility index (Phi) is 5.66. The average Bonchev–Trinajstić information content (AvgIpc) is 2.62. The zero-order chi connectivity index (χ0) is 20.3. The van der Waals surface area contributed by atoms with Crippen LogP contribution in [0.15, 0.2) is 46.8 Å². The molecular formula is C19H19N3O5. The van der Waals surface area contributed by atoms with Crippen LogP contribution in [0.25, 0.3) is 0 Å². The van der Waals surface area contributed by atoms with Gasteiger partial charge >= 0.3 is 12.0 Å². The number of primary amides is 1. The fourth-order valence-electron chi connectivity index (χ4n) is 3.39. The molecule has 8 nitrogen and oxygen atoms in total. The number of para-hydroxylation sites is 1. The van der Waals surface area contributed by atoms with Crippen molar-refractivity contribution in [2.24, 2.45) is 5.73 Å². The average molecular weight is 369 g/mol. The molecule has 0 saturated carbocycles. The molecule has 1 aromatic rings. The quantitative estimate of drug-likeness (QED) is 0.379. The van der Waals surface area contributed by atoms with Crippen molar-refractivity contribution >= 4 is 17.7 Å². The number of benzene rings is 1. The molecule has 0 bridgehead atoms. The van der Waals surface area contributed by atoms with Crippen LogP contribution in [0, 0.1) is 22.5 Å². The van der Waals surface area contributed by atoms with Gasteiger partial charge in [-0.2, -0.15) is 0 Å². The van der Waals surface area contributed by atoms with Gasteiger partial charge in [0.15, 0.2) is 0 Å². The molecule has 0 saturated heterocycles. The van der Waals surface area contributed by atoms with Crippen molar-refractivity contribution in [2.75, 3.05) is 7.11 Å². The Hall–Kier alpha value is -3.60. The fraction of sp³-hybridized carbons (Fsp3) is 0.263. The maximum Gasteiger partial charge on any atom is 0.336 e. The first-order chi connectivity index (χ1) is 12.8. The summed E-state index contributed by atoms with van der Waals surface area (Å²) >= 11 is 0. The van der Waals surface area contributed by atoms with Gasteiger partial charge in [-0.15, -0.1) is 12.3 Å². The molecule has 1 aromatic carbocycles. The minimum Gasteiger partial charge on any atom is -0.466 e. The number of terminal acetylenes is 1. The van der Waals surface area contributed by atoms with Gasteiger partial charge in [0.05, 0.1) is 17.6 Å². The molecule has 0 fully saturated rings. The summed E-state index contributed by atoms with van der Waals surface area (Å²) < 4.78 is 4.88. The predicted molar refractivity (Wildman–Crippen MR) is 98.1 cm³/mol. The van der Waals surface area contributed by atoms with Crippen LogP contribution in [0.1, 0.15) is 31.7 Å². The number of amides is 2. The molecule has 1 heterocycles. The molecule has 140 valence electrons. The van der Waals surface area contributed by atoms with Crippen molar-refractivity contribution < 1.29 is 19.2 Å². The number of allylic oxidation sites excluding steroid dienone is 3. The molecular weight excluding hydrogens is 350 g/mol. The van der Waals surface area contributed by atoms with Crippen LogP contribution in [-0.4, -0.2) is 28.9 Å². The Morgan fingerprint density at radius 2 is 1.96 bits per heavy atom. The highest BCUT2D eigenvalue weighted by Gasteiger charge is 2.40. The summed E-state index contributed by atoms with van der Waals surface area (Å²) in [4.78, 5) is 36.7. The van der Waals surface area contributed by atoms with E-state index in [9.17, 15) is 19.7 Å². The highest BCUT2D eigenvalue weighted by Crippen LogP contribution is 2.45. The zero-order valence-electron chi connectivity index (χ0n) is 15.2. The zero-order valence-corrected chi connectivity index (χ0v) is 15.2. The van der Waals surface area contributed by atoms with Crippen molar-refractivity contribution in [1.29, 1.82) is 0 Å². The van der Waals surface area contributed by atoms with E-state index in [4.69, 9.17) is 16.9 Å². The van der Waals surface area contributed by atoms with E-state index in [1.54, 1.807) is 19.1 Å². The molecule has 1 unspecified atom stereocenters. The van der Waals surface area contributed by atoms with Crippen LogP contribution in [0.3, 0.4) is 0 Å². The Labute approximate surface area is 156 Å². The molecule has 1 aliphatic heterocycles. The number of nitro benzene ring substituents is 1. The summed E-state index contributed by atoms with van der Waals surface area (Å²) in [5.41, 5.74) is 6.87. The third-order valence-corrected chi connectivity index (χ3v) is 4.53. The van der Waals surface area contributed by atoms with E-state index in [0.29, 0.717) is 11.3 Å². The first-order valence-electron chi connectivity index (χ1n) is 8.01. The summed E-state index contributed by atoms with van der Waals surface area (Å²) in [6.45, 7) is 3.17. The van der Waals surface area contributed by atoms with Crippen LogP contribution in [0.5, 0.6) is 0 Å². The molecule has 2 N–H and O–H groups in total. The van der Waals surface area contributed by atoms with Gasteiger partial charge in [0.2, 0.25) is 0 Å². The summed E-state index contributed by atoms with van der Waals surface area (Å²) in [6.07, 6.45) is 5.55. The monoisotopic (exact) mass is 369 g/mol.